The number of thiophene rings is 1. The third-order valence-corrected chi connectivity index (χ3v) is 5.12. The van der Waals surface area contributed by atoms with E-state index < -0.39 is 0 Å². The molecule has 0 spiro atoms. The van der Waals surface area contributed by atoms with Crippen molar-refractivity contribution >= 4 is 17.3 Å². The number of benzene rings is 1. The van der Waals surface area contributed by atoms with Crippen LogP contribution in [-0.2, 0) is 24.1 Å². The van der Waals surface area contributed by atoms with E-state index >= 15 is 0 Å². The summed E-state index contributed by atoms with van der Waals surface area (Å²) in [6.07, 6.45) is 5.74. The van der Waals surface area contributed by atoms with Crippen molar-refractivity contribution in [2.75, 3.05) is 13.7 Å². The van der Waals surface area contributed by atoms with Crippen molar-refractivity contribution in [1.82, 2.24) is 5.32 Å². The lowest BCUT2D eigenvalue weighted by Gasteiger charge is -2.06. The highest BCUT2D eigenvalue weighted by Crippen LogP contribution is 2.18. The smallest absolute Gasteiger partial charge is 0.348 e. The number of hydrogen-bond donors (Lipinski definition) is 1. The summed E-state index contributed by atoms with van der Waals surface area (Å²) in [5.41, 5.74) is 2.76. The standard InChI is InChI=1S/C20H27NO2S/c1-3-4-6-16-8-10-17(11-9-16)15-21-14-5-7-18-12-13-19(24-18)20(22)23-2/h8-13,21H,3-7,14-15H2,1-2H3. The van der Waals surface area contributed by atoms with Crippen molar-refractivity contribution in [1.29, 1.82) is 0 Å². The van der Waals surface area contributed by atoms with E-state index in [4.69, 9.17) is 4.74 Å². The van der Waals surface area contributed by atoms with Gasteiger partial charge < -0.3 is 10.1 Å². The van der Waals surface area contributed by atoms with E-state index in [0.29, 0.717) is 4.88 Å². The van der Waals surface area contributed by atoms with Gasteiger partial charge in [-0.1, -0.05) is 37.6 Å². The Kier molecular flexibility index (Phi) is 7.99. The van der Waals surface area contributed by atoms with E-state index in [2.05, 4.69) is 36.5 Å². The molecule has 0 saturated carbocycles. The molecule has 1 N–H and O–H groups in total. The molecule has 0 aliphatic rings. The predicted molar refractivity (Wildman–Crippen MR) is 101 cm³/mol. The highest BCUT2D eigenvalue weighted by atomic mass is 32.1. The van der Waals surface area contributed by atoms with Gasteiger partial charge in [-0.3, -0.25) is 0 Å². The van der Waals surface area contributed by atoms with Gasteiger partial charge in [-0.15, -0.1) is 11.3 Å². The molecule has 130 valence electrons. The maximum absolute atomic E-state index is 11.4. The Labute approximate surface area is 149 Å². The summed E-state index contributed by atoms with van der Waals surface area (Å²) in [7, 11) is 1.42. The number of aryl methyl sites for hydroxylation is 2. The number of methoxy groups -OCH3 is 1. The average molecular weight is 346 g/mol. The molecule has 0 radical (unpaired) electrons. The molecule has 0 fully saturated rings. The predicted octanol–water partition coefficient (Wildman–Crippen LogP) is 4.60. The summed E-state index contributed by atoms with van der Waals surface area (Å²) in [6, 6.07) is 12.8. The first-order chi connectivity index (χ1) is 11.7. The van der Waals surface area contributed by atoms with Gasteiger partial charge in [0.2, 0.25) is 0 Å². The molecular formula is C20H27NO2S. The van der Waals surface area contributed by atoms with Crippen LogP contribution in [0.2, 0.25) is 0 Å². The first-order valence-electron chi connectivity index (χ1n) is 8.68. The van der Waals surface area contributed by atoms with Gasteiger partial charge in [-0.2, -0.15) is 0 Å². The van der Waals surface area contributed by atoms with Gasteiger partial charge >= 0.3 is 5.97 Å². The topological polar surface area (TPSA) is 38.3 Å². The van der Waals surface area contributed by atoms with Crippen LogP contribution in [0.25, 0.3) is 0 Å². The largest absolute Gasteiger partial charge is 0.465 e. The number of carbonyl (C=O) groups excluding carboxylic acids is 1. The fourth-order valence-electron chi connectivity index (χ4n) is 2.55. The fourth-order valence-corrected chi connectivity index (χ4v) is 3.52. The van der Waals surface area contributed by atoms with Crippen molar-refractivity contribution in [2.45, 2.75) is 45.6 Å². The molecule has 0 aliphatic heterocycles. The van der Waals surface area contributed by atoms with Crippen LogP contribution >= 0.6 is 11.3 Å². The lowest BCUT2D eigenvalue weighted by molar-refractivity contribution is 0.0606. The Bertz CT molecular complexity index is 619. The molecular weight excluding hydrogens is 318 g/mol. The minimum absolute atomic E-state index is 0.244. The van der Waals surface area contributed by atoms with E-state index in [1.807, 2.05) is 12.1 Å². The van der Waals surface area contributed by atoms with Crippen LogP contribution in [0.3, 0.4) is 0 Å². The Morgan fingerprint density at radius 3 is 2.50 bits per heavy atom. The van der Waals surface area contributed by atoms with Gasteiger partial charge in [0.05, 0.1) is 7.11 Å². The second kappa shape index (κ2) is 10.3. The summed E-state index contributed by atoms with van der Waals surface area (Å²) in [5.74, 6) is -0.244. The molecule has 1 heterocycles. The van der Waals surface area contributed by atoms with E-state index in [-0.39, 0.29) is 5.97 Å². The summed E-state index contributed by atoms with van der Waals surface area (Å²) >= 11 is 1.53. The third kappa shape index (κ3) is 6.10. The highest BCUT2D eigenvalue weighted by molar-refractivity contribution is 7.13. The van der Waals surface area contributed by atoms with E-state index in [0.717, 1.165) is 25.9 Å². The summed E-state index contributed by atoms with van der Waals surface area (Å²) in [5, 5.41) is 3.49. The van der Waals surface area contributed by atoms with Gasteiger partial charge in [0.15, 0.2) is 0 Å². The molecule has 1 aromatic heterocycles. The molecule has 0 saturated heterocycles. The molecule has 4 heteroatoms. The van der Waals surface area contributed by atoms with Crippen molar-refractivity contribution in [2.24, 2.45) is 0 Å². The van der Waals surface area contributed by atoms with Crippen molar-refractivity contribution < 1.29 is 9.53 Å². The number of ether oxygens (including phenoxy) is 1. The highest BCUT2D eigenvalue weighted by Gasteiger charge is 2.08. The Morgan fingerprint density at radius 2 is 1.79 bits per heavy atom. The van der Waals surface area contributed by atoms with Crippen LogP contribution in [-0.4, -0.2) is 19.6 Å². The SMILES string of the molecule is CCCCc1ccc(CNCCCc2ccc(C(=O)OC)s2)cc1. The summed E-state index contributed by atoms with van der Waals surface area (Å²) in [4.78, 5) is 13.3. The van der Waals surface area contributed by atoms with Gasteiger partial charge in [-0.25, -0.2) is 4.79 Å². The van der Waals surface area contributed by atoms with Crippen LogP contribution in [0.5, 0.6) is 0 Å². The molecule has 0 unspecified atom stereocenters. The van der Waals surface area contributed by atoms with Crippen LogP contribution in [0.4, 0.5) is 0 Å². The van der Waals surface area contributed by atoms with E-state index in [1.165, 1.54) is 53.7 Å². The minimum Gasteiger partial charge on any atom is -0.465 e. The van der Waals surface area contributed by atoms with E-state index in [1.54, 1.807) is 0 Å². The normalized spacial score (nSPS) is 10.8. The molecule has 0 atom stereocenters. The molecule has 24 heavy (non-hydrogen) atoms. The summed E-state index contributed by atoms with van der Waals surface area (Å²) < 4.78 is 4.73. The molecule has 1 aromatic carbocycles. The maximum atomic E-state index is 11.4. The molecule has 0 amide bonds. The van der Waals surface area contributed by atoms with Gasteiger partial charge in [0, 0.05) is 11.4 Å². The Balaban J connectivity index is 1.64. The molecule has 0 aliphatic carbocycles. The number of unbranched alkanes of at least 4 members (excludes halogenated alkanes) is 1. The molecule has 3 nitrogen and oxygen atoms in total. The third-order valence-electron chi connectivity index (χ3n) is 4.00. The first-order valence-corrected chi connectivity index (χ1v) is 9.50. The van der Waals surface area contributed by atoms with Crippen LogP contribution in [0.15, 0.2) is 36.4 Å². The van der Waals surface area contributed by atoms with Crippen molar-refractivity contribution in [3.8, 4) is 0 Å². The lowest BCUT2D eigenvalue weighted by atomic mass is 10.1. The number of esters is 1. The Hall–Kier alpha value is -1.65. The summed E-state index contributed by atoms with van der Waals surface area (Å²) in [6.45, 7) is 4.11. The van der Waals surface area contributed by atoms with Gasteiger partial charge in [0.1, 0.15) is 4.88 Å². The number of nitrogens with one attached hydrogen (secondary N) is 1. The second-order valence-corrected chi connectivity index (χ2v) is 7.13. The second-order valence-electron chi connectivity index (χ2n) is 5.96. The van der Waals surface area contributed by atoms with Crippen LogP contribution < -0.4 is 5.32 Å². The zero-order valence-corrected chi connectivity index (χ0v) is 15.5. The molecule has 0 bridgehead atoms. The fraction of sp³-hybridized carbons (Fsp3) is 0.450. The monoisotopic (exact) mass is 345 g/mol. The molecule has 2 aromatic rings. The van der Waals surface area contributed by atoms with Crippen molar-refractivity contribution in [3.05, 3.63) is 57.3 Å². The zero-order chi connectivity index (χ0) is 17.2. The number of carbonyl (C=O) groups is 1. The van der Waals surface area contributed by atoms with Gasteiger partial charge in [0.25, 0.3) is 0 Å². The van der Waals surface area contributed by atoms with E-state index in [9.17, 15) is 4.79 Å². The lowest BCUT2D eigenvalue weighted by Crippen LogP contribution is -2.15. The number of hydrogen-bond acceptors (Lipinski definition) is 4. The Morgan fingerprint density at radius 1 is 1.04 bits per heavy atom. The van der Waals surface area contributed by atoms with Gasteiger partial charge in [-0.05, 0) is 55.5 Å². The van der Waals surface area contributed by atoms with Crippen LogP contribution in [0.1, 0.15) is 51.9 Å². The van der Waals surface area contributed by atoms with Crippen molar-refractivity contribution in [3.63, 3.8) is 0 Å². The zero-order valence-electron chi connectivity index (χ0n) is 14.6. The quantitative estimate of drug-likeness (QED) is 0.505. The van der Waals surface area contributed by atoms with Crippen LogP contribution in [0, 0.1) is 0 Å². The average Bonchev–Trinajstić information content (AvgIpc) is 3.09. The molecule has 2 rings (SSSR count). The maximum Gasteiger partial charge on any atom is 0.348 e. The first kappa shape index (κ1) is 18.7. The minimum atomic E-state index is -0.244. The number of rotatable bonds is 10.